The van der Waals surface area contributed by atoms with Gasteiger partial charge in [0.05, 0.1) is 22.4 Å². The monoisotopic (exact) mass is 348 g/mol. The molecule has 1 heterocycles. The minimum Gasteiger partial charge on any atom is -0.453 e. The minimum absolute atomic E-state index is 0.472. The van der Waals surface area contributed by atoms with E-state index in [-0.39, 0.29) is 0 Å². The topological polar surface area (TPSA) is 48.1 Å². The predicted molar refractivity (Wildman–Crippen MR) is 85.4 cm³/mol. The summed E-state index contributed by atoms with van der Waals surface area (Å²) in [6, 6.07) is 13.1. The minimum atomic E-state index is 0.472. The Hall–Kier alpha value is -1.78. The number of halogens is 2. The number of aromatic nitrogens is 1. The quantitative estimate of drug-likeness (QED) is 0.706. The summed E-state index contributed by atoms with van der Waals surface area (Å²) >= 11 is 9.54. The highest BCUT2D eigenvalue weighted by Crippen LogP contribution is 2.37. The van der Waals surface area contributed by atoms with Crippen molar-refractivity contribution in [3.63, 3.8) is 0 Å². The van der Waals surface area contributed by atoms with Crippen LogP contribution in [0.15, 0.2) is 53.1 Å². The molecule has 5 heteroatoms. The van der Waals surface area contributed by atoms with Crippen LogP contribution in [0.1, 0.15) is 0 Å². The number of hydrogen-bond donors (Lipinski definition) is 1. The first-order valence-electron chi connectivity index (χ1n) is 5.91. The predicted octanol–water partition coefficient (Wildman–Crippen LogP) is 5.03. The van der Waals surface area contributed by atoms with Crippen LogP contribution in [0.5, 0.6) is 11.5 Å². The SMILES string of the molecule is Nc1cnc2ccccc2c1Oc1cc(Br)ccc1Cl. The molecule has 3 nitrogen and oxygen atoms in total. The van der Waals surface area contributed by atoms with Crippen molar-refractivity contribution in [3.05, 3.63) is 58.2 Å². The summed E-state index contributed by atoms with van der Waals surface area (Å²) in [5.41, 5.74) is 7.27. The Labute approximate surface area is 129 Å². The molecule has 0 bridgehead atoms. The summed E-state index contributed by atoms with van der Waals surface area (Å²) < 4.78 is 6.79. The van der Waals surface area contributed by atoms with Gasteiger partial charge in [0.1, 0.15) is 5.75 Å². The van der Waals surface area contributed by atoms with Crippen LogP contribution in [-0.4, -0.2) is 4.98 Å². The summed E-state index contributed by atoms with van der Waals surface area (Å²) in [4.78, 5) is 4.28. The molecule has 3 rings (SSSR count). The number of rotatable bonds is 2. The first-order chi connectivity index (χ1) is 9.65. The van der Waals surface area contributed by atoms with Crippen molar-refractivity contribution in [1.29, 1.82) is 0 Å². The van der Waals surface area contributed by atoms with Crippen LogP contribution in [0.25, 0.3) is 10.9 Å². The zero-order chi connectivity index (χ0) is 14.1. The molecule has 0 spiro atoms. The fourth-order valence-corrected chi connectivity index (χ4v) is 2.41. The third-order valence-corrected chi connectivity index (χ3v) is 3.66. The van der Waals surface area contributed by atoms with E-state index in [1.165, 1.54) is 0 Å². The Kier molecular flexibility index (Phi) is 3.51. The highest BCUT2D eigenvalue weighted by molar-refractivity contribution is 9.10. The number of nitrogens with two attached hydrogens (primary N) is 1. The smallest absolute Gasteiger partial charge is 0.161 e. The molecule has 1 aromatic heterocycles. The first kappa shape index (κ1) is 13.2. The van der Waals surface area contributed by atoms with E-state index in [0.29, 0.717) is 22.2 Å². The highest BCUT2D eigenvalue weighted by Gasteiger charge is 2.11. The van der Waals surface area contributed by atoms with E-state index in [4.69, 9.17) is 22.1 Å². The molecular weight excluding hydrogens is 340 g/mol. The molecule has 3 aromatic rings. The highest BCUT2D eigenvalue weighted by atomic mass is 79.9. The second-order valence-electron chi connectivity index (χ2n) is 4.24. The fraction of sp³-hybridized carbons (Fsp3) is 0. The number of benzene rings is 2. The molecule has 0 atom stereocenters. The maximum Gasteiger partial charge on any atom is 0.161 e. The maximum absolute atomic E-state index is 6.15. The van der Waals surface area contributed by atoms with E-state index in [9.17, 15) is 0 Å². The van der Waals surface area contributed by atoms with Crippen molar-refractivity contribution in [2.45, 2.75) is 0 Å². The molecule has 20 heavy (non-hydrogen) atoms. The Morgan fingerprint density at radius 2 is 1.95 bits per heavy atom. The van der Waals surface area contributed by atoms with Gasteiger partial charge >= 0.3 is 0 Å². The summed E-state index contributed by atoms with van der Waals surface area (Å²) in [6.07, 6.45) is 1.59. The van der Waals surface area contributed by atoms with Crippen LogP contribution in [0.2, 0.25) is 5.02 Å². The number of nitrogens with zero attached hydrogens (tertiary/aromatic N) is 1. The summed E-state index contributed by atoms with van der Waals surface area (Å²) in [7, 11) is 0. The molecule has 2 aromatic carbocycles. The molecule has 0 saturated heterocycles. The van der Waals surface area contributed by atoms with Gasteiger partial charge in [-0.15, -0.1) is 0 Å². The maximum atomic E-state index is 6.15. The third kappa shape index (κ3) is 2.44. The van der Waals surface area contributed by atoms with Gasteiger partial charge in [-0.25, -0.2) is 0 Å². The second kappa shape index (κ2) is 5.31. The number of anilines is 1. The molecular formula is C15H10BrClN2O. The van der Waals surface area contributed by atoms with Crippen LogP contribution >= 0.6 is 27.5 Å². The van der Waals surface area contributed by atoms with Crippen LogP contribution < -0.4 is 10.5 Å². The number of hydrogen-bond acceptors (Lipinski definition) is 3. The normalized spacial score (nSPS) is 10.7. The van der Waals surface area contributed by atoms with Crippen molar-refractivity contribution >= 4 is 44.1 Å². The third-order valence-electron chi connectivity index (χ3n) is 2.86. The van der Waals surface area contributed by atoms with E-state index in [2.05, 4.69) is 20.9 Å². The Bertz CT molecular complexity index is 792. The number of para-hydroxylation sites is 1. The van der Waals surface area contributed by atoms with Gasteiger partial charge in [0, 0.05) is 9.86 Å². The van der Waals surface area contributed by atoms with E-state index in [1.807, 2.05) is 30.3 Å². The molecule has 0 saturated carbocycles. The van der Waals surface area contributed by atoms with Gasteiger partial charge in [-0.1, -0.05) is 39.7 Å². The Morgan fingerprint density at radius 1 is 1.15 bits per heavy atom. The van der Waals surface area contributed by atoms with Crippen LogP contribution in [0, 0.1) is 0 Å². The lowest BCUT2D eigenvalue weighted by Gasteiger charge is -2.12. The lowest BCUT2D eigenvalue weighted by molar-refractivity contribution is 0.490. The number of ether oxygens (including phenoxy) is 1. The van der Waals surface area contributed by atoms with Gasteiger partial charge in [-0.05, 0) is 30.3 Å². The fourth-order valence-electron chi connectivity index (χ4n) is 1.91. The Balaban J connectivity index is 2.15. The van der Waals surface area contributed by atoms with E-state index in [0.717, 1.165) is 15.4 Å². The zero-order valence-electron chi connectivity index (χ0n) is 10.3. The van der Waals surface area contributed by atoms with Gasteiger partial charge in [-0.3, -0.25) is 4.98 Å². The van der Waals surface area contributed by atoms with Crippen molar-refractivity contribution in [2.24, 2.45) is 0 Å². The molecule has 0 unspecified atom stereocenters. The molecule has 0 aliphatic heterocycles. The molecule has 0 amide bonds. The average molecular weight is 350 g/mol. The number of nitrogen functional groups attached to an aromatic ring is 1. The van der Waals surface area contributed by atoms with Crippen LogP contribution in [-0.2, 0) is 0 Å². The molecule has 0 fully saturated rings. The number of fused-ring (bicyclic) bond motifs is 1. The largest absolute Gasteiger partial charge is 0.453 e. The molecule has 0 aliphatic rings. The first-order valence-corrected chi connectivity index (χ1v) is 7.08. The summed E-state index contributed by atoms with van der Waals surface area (Å²) in [5, 5.41) is 1.37. The van der Waals surface area contributed by atoms with Crippen molar-refractivity contribution in [3.8, 4) is 11.5 Å². The lowest BCUT2D eigenvalue weighted by atomic mass is 10.2. The van der Waals surface area contributed by atoms with Crippen molar-refractivity contribution in [2.75, 3.05) is 5.73 Å². The molecule has 2 N–H and O–H groups in total. The molecule has 100 valence electrons. The summed E-state index contributed by atoms with van der Waals surface area (Å²) in [6.45, 7) is 0. The van der Waals surface area contributed by atoms with Crippen molar-refractivity contribution in [1.82, 2.24) is 4.98 Å². The average Bonchev–Trinajstić information content (AvgIpc) is 2.46. The summed E-state index contributed by atoms with van der Waals surface area (Å²) in [5.74, 6) is 1.11. The van der Waals surface area contributed by atoms with E-state index in [1.54, 1.807) is 18.3 Å². The lowest BCUT2D eigenvalue weighted by Crippen LogP contribution is -1.95. The van der Waals surface area contributed by atoms with Crippen molar-refractivity contribution < 1.29 is 4.74 Å². The van der Waals surface area contributed by atoms with Gasteiger partial charge in [-0.2, -0.15) is 0 Å². The Morgan fingerprint density at radius 3 is 2.80 bits per heavy atom. The molecule has 0 radical (unpaired) electrons. The van der Waals surface area contributed by atoms with Gasteiger partial charge in [0.25, 0.3) is 0 Å². The van der Waals surface area contributed by atoms with Gasteiger partial charge < -0.3 is 10.5 Å². The van der Waals surface area contributed by atoms with Gasteiger partial charge in [0.15, 0.2) is 5.75 Å². The van der Waals surface area contributed by atoms with E-state index < -0.39 is 0 Å². The zero-order valence-corrected chi connectivity index (χ0v) is 12.6. The van der Waals surface area contributed by atoms with Crippen LogP contribution in [0.4, 0.5) is 5.69 Å². The standard InChI is InChI=1S/C15H10BrClN2O/c16-9-5-6-11(17)14(7-9)20-15-10-3-1-2-4-13(10)19-8-12(15)18/h1-8H,18H2. The number of pyridine rings is 1. The van der Waals surface area contributed by atoms with Gasteiger partial charge in [0.2, 0.25) is 0 Å². The van der Waals surface area contributed by atoms with E-state index >= 15 is 0 Å². The van der Waals surface area contributed by atoms with Crippen LogP contribution in [0.3, 0.4) is 0 Å². The second-order valence-corrected chi connectivity index (χ2v) is 5.56. The molecule has 0 aliphatic carbocycles.